The second kappa shape index (κ2) is 6.92. The minimum Gasteiger partial charge on any atom is -0.481 e. The van der Waals surface area contributed by atoms with Gasteiger partial charge in [-0.05, 0) is 26.2 Å². The van der Waals surface area contributed by atoms with Crippen molar-refractivity contribution in [1.82, 2.24) is 10.5 Å². The molecule has 0 saturated heterocycles. The minimum absolute atomic E-state index is 0.100. The van der Waals surface area contributed by atoms with Crippen LogP contribution in [0.2, 0.25) is 0 Å². The van der Waals surface area contributed by atoms with Crippen LogP contribution in [0.1, 0.15) is 36.8 Å². The van der Waals surface area contributed by atoms with E-state index in [9.17, 15) is 9.59 Å². The summed E-state index contributed by atoms with van der Waals surface area (Å²) in [5.74, 6) is -0.109. The molecule has 1 atom stereocenters. The maximum atomic E-state index is 11.8. The monoisotopic (exact) mass is 268 g/mol. The first-order valence-electron chi connectivity index (χ1n) is 6.30. The molecule has 1 heterocycles. The number of aliphatic carboxylic acids is 1. The summed E-state index contributed by atoms with van der Waals surface area (Å²) in [6, 6.07) is 0. The normalized spacial score (nSPS) is 12.2. The molecule has 2 N–H and O–H groups in total. The van der Waals surface area contributed by atoms with Crippen LogP contribution in [0.3, 0.4) is 0 Å². The van der Waals surface area contributed by atoms with Gasteiger partial charge in [-0.25, -0.2) is 0 Å². The second-order valence-electron chi connectivity index (χ2n) is 4.82. The molecule has 0 bridgehead atoms. The summed E-state index contributed by atoms with van der Waals surface area (Å²) in [4.78, 5) is 22.2. The van der Waals surface area contributed by atoms with Gasteiger partial charge in [0.1, 0.15) is 5.76 Å². The molecule has 0 aliphatic heterocycles. The number of carbonyl (C=O) groups is 2. The number of nitrogens with one attached hydrogen (secondary N) is 1. The second-order valence-corrected chi connectivity index (χ2v) is 4.82. The summed E-state index contributed by atoms with van der Waals surface area (Å²) in [6.45, 7) is 5.97. The Kier molecular flexibility index (Phi) is 5.54. The van der Waals surface area contributed by atoms with Crippen molar-refractivity contribution in [2.75, 3.05) is 6.54 Å². The predicted octanol–water partition coefficient (Wildman–Crippen LogP) is 1.45. The van der Waals surface area contributed by atoms with Crippen LogP contribution in [0.15, 0.2) is 4.52 Å². The summed E-state index contributed by atoms with van der Waals surface area (Å²) >= 11 is 0. The van der Waals surface area contributed by atoms with E-state index in [0.717, 1.165) is 11.3 Å². The summed E-state index contributed by atoms with van der Waals surface area (Å²) in [7, 11) is 0. The molecule has 0 saturated carbocycles. The number of carboxylic acid groups (broad SMARTS) is 1. The molecule has 0 spiro atoms. The third-order valence-electron chi connectivity index (χ3n) is 3.02. The number of carboxylic acids is 1. The van der Waals surface area contributed by atoms with Gasteiger partial charge in [0.05, 0.1) is 12.1 Å². The first-order valence-corrected chi connectivity index (χ1v) is 6.30. The highest BCUT2D eigenvalue weighted by Gasteiger charge is 2.14. The van der Waals surface area contributed by atoms with Crippen LogP contribution in [0.5, 0.6) is 0 Å². The molecule has 1 rings (SSSR count). The zero-order chi connectivity index (χ0) is 14.4. The van der Waals surface area contributed by atoms with Crippen LogP contribution < -0.4 is 5.32 Å². The van der Waals surface area contributed by atoms with E-state index in [-0.39, 0.29) is 24.7 Å². The molecule has 0 radical (unpaired) electrons. The van der Waals surface area contributed by atoms with Crippen molar-refractivity contribution in [2.24, 2.45) is 5.92 Å². The van der Waals surface area contributed by atoms with E-state index in [1.165, 1.54) is 0 Å². The van der Waals surface area contributed by atoms with Crippen molar-refractivity contribution >= 4 is 11.9 Å². The Morgan fingerprint density at radius 3 is 2.63 bits per heavy atom. The Hall–Kier alpha value is -1.85. The van der Waals surface area contributed by atoms with Crippen LogP contribution >= 0.6 is 0 Å². The molecule has 6 heteroatoms. The minimum atomic E-state index is -0.811. The maximum Gasteiger partial charge on any atom is 0.303 e. The van der Waals surface area contributed by atoms with Crippen LogP contribution in [-0.2, 0) is 16.0 Å². The quantitative estimate of drug-likeness (QED) is 0.780. The number of nitrogens with zero attached hydrogens (tertiary/aromatic N) is 1. The van der Waals surface area contributed by atoms with Gasteiger partial charge in [0.2, 0.25) is 5.91 Å². The van der Waals surface area contributed by atoms with Crippen molar-refractivity contribution < 1.29 is 19.2 Å². The number of carbonyl (C=O) groups excluding carboxylic acids is 1. The van der Waals surface area contributed by atoms with Crippen LogP contribution in [0.4, 0.5) is 0 Å². The van der Waals surface area contributed by atoms with Crippen molar-refractivity contribution in [3.63, 3.8) is 0 Å². The fourth-order valence-electron chi connectivity index (χ4n) is 1.74. The third kappa shape index (κ3) is 5.11. The van der Waals surface area contributed by atoms with Crippen molar-refractivity contribution in [1.29, 1.82) is 0 Å². The number of aromatic nitrogens is 1. The Bertz CT molecular complexity index is 434. The van der Waals surface area contributed by atoms with E-state index in [1.54, 1.807) is 13.8 Å². The highest BCUT2D eigenvalue weighted by atomic mass is 16.5. The van der Waals surface area contributed by atoms with Gasteiger partial charge in [0, 0.05) is 18.5 Å². The third-order valence-corrected chi connectivity index (χ3v) is 3.02. The first kappa shape index (κ1) is 15.2. The highest BCUT2D eigenvalue weighted by Crippen LogP contribution is 2.12. The lowest BCUT2D eigenvalue weighted by Crippen LogP contribution is -2.30. The van der Waals surface area contributed by atoms with Crippen molar-refractivity contribution in [3.8, 4) is 0 Å². The van der Waals surface area contributed by atoms with E-state index < -0.39 is 5.97 Å². The Labute approximate surface area is 112 Å². The molecule has 106 valence electrons. The van der Waals surface area contributed by atoms with E-state index in [4.69, 9.17) is 9.63 Å². The zero-order valence-electron chi connectivity index (χ0n) is 11.5. The summed E-state index contributed by atoms with van der Waals surface area (Å²) in [5, 5.41) is 15.2. The predicted molar refractivity (Wildman–Crippen MR) is 68.7 cm³/mol. The average Bonchev–Trinajstić information content (AvgIpc) is 2.65. The van der Waals surface area contributed by atoms with Gasteiger partial charge in [-0.3, -0.25) is 9.59 Å². The highest BCUT2D eigenvalue weighted by molar-refractivity contribution is 5.79. The molecule has 19 heavy (non-hydrogen) atoms. The fraction of sp³-hybridized carbons (Fsp3) is 0.615. The molecule has 1 unspecified atom stereocenters. The summed E-state index contributed by atoms with van der Waals surface area (Å²) in [6.07, 6.45) is 0.925. The van der Waals surface area contributed by atoms with E-state index >= 15 is 0 Å². The molecular weight excluding hydrogens is 248 g/mol. The van der Waals surface area contributed by atoms with Gasteiger partial charge in [0.25, 0.3) is 0 Å². The van der Waals surface area contributed by atoms with Crippen LogP contribution in [-0.4, -0.2) is 28.7 Å². The summed E-state index contributed by atoms with van der Waals surface area (Å²) < 4.78 is 4.99. The standard InChI is InChI=1S/C13H20N2O4/c1-8(4-5-13(17)18)7-14-12(16)6-11-9(2)15-19-10(11)3/h8H,4-7H2,1-3H3,(H,14,16)(H,17,18). The SMILES string of the molecule is Cc1noc(C)c1CC(=O)NCC(C)CCC(=O)O. The number of hydrogen-bond donors (Lipinski definition) is 2. The molecule has 0 aliphatic carbocycles. The average molecular weight is 268 g/mol. The lowest BCUT2D eigenvalue weighted by atomic mass is 10.1. The molecule has 0 aromatic carbocycles. The molecule has 0 fully saturated rings. The topological polar surface area (TPSA) is 92.4 Å². The van der Waals surface area contributed by atoms with Crippen molar-refractivity contribution in [3.05, 3.63) is 17.0 Å². The number of aryl methyl sites for hydroxylation is 2. The summed E-state index contributed by atoms with van der Waals surface area (Å²) in [5.41, 5.74) is 1.54. The lowest BCUT2D eigenvalue weighted by molar-refractivity contribution is -0.137. The van der Waals surface area contributed by atoms with Crippen LogP contribution in [0.25, 0.3) is 0 Å². The fourth-order valence-corrected chi connectivity index (χ4v) is 1.74. The number of amides is 1. The van der Waals surface area contributed by atoms with Gasteiger partial charge in [-0.15, -0.1) is 0 Å². The van der Waals surface area contributed by atoms with Gasteiger partial charge in [-0.2, -0.15) is 0 Å². The van der Waals surface area contributed by atoms with Gasteiger partial charge >= 0.3 is 5.97 Å². The first-order chi connectivity index (χ1) is 8.90. The lowest BCUT2D eigenvalue weighted by Gasteiger charge is -2.11. The Morgan fingerprint density at radius 1 is 1.42 bits per heavy atom. The van der Waals surface area contributed by atoms with E-state index in [2.05, 4.69) is 10.5 Å². The molecule has 1 aromatic heterocycles. The number of hydrogen-bond acceptors (Lipinski definition) is 4. The maximum absolute atomic E-state index is 11.8. The molecule has 0 aliphatic rings. The largest absolute Gasteiger partial charge is 0.481 e. The molecule has 6 nitrogen and oxygen atoms in total. The van der Waals surface area contributed by atoms with Gasteiger partial charge in [-0.1, -0.05) is 12.1 Å². The smallest absolute Gasteiger partial charge is 0.303 e. The zero-order valence-corrected chi connectivity index (χ0v) is 11.5. The van der Waals surface area contributed by atoms with Gasteiger partial charge in [0.15, 0.2) is 0 Å². The Balaban J connectivity index is 2.34. The van der Waals surface area contributed by atoms with Crippen molar-refractivity contribution in [2.45, 2.75) is 40.0 Å². The van der Waals surface area contributed by atoms with Gasteiger partial charge < -0.3 is 14.9 Å². The van der Waals surface area contributed by atoms with E-state index in [0.29, 0.717) is 18.7 Å². The van der Waals surface area contributed by atoms with Crippen LogP contribution in [0, 0.1) is 19.8 Å². The number of rotatable bonds is 7. The van der Waals surface area contributed by atoms with E-state index in [1.807, 2.05) is 6.92 Å². The molecular formula is C13H20N2O4. The Morgan fingerprint density at radius 2 is 2.11 bits per heavy atom. The molecule has 1 amide bonds. The molecule has 1 aromatic rings.